The molecule has 0 aromatic carbocycles. The van der Waals surface area contributed by atoms with E-state index >= 15 is 0 Å². The summed E-state index contributed by atoms with van der Waals surface area (Å²) < 4.78 is 0. The van der Waals surface area contributed by atoms with Crippen LogP contribution in [-0.4, -0.2) is 65.9 Å². The molecule has 3 atom stereocenters. The number of hydrogen-bond donors (Lipinski definition) is 6. The van der Waals surface area contributed by atoms with Crippen molar-refractivity contribution in [1.29, 1.82) is 0 Å². The van der Waals surface area contributed by atoms with Crippen molar-refractivity contribution >= 4 is 31.9 Å². The molecule has 0 aliphatic rings. The van der Waals surface area contributed by atoms with Crippen LogP contribution in [0.5, 0.6) is 0 Å². The maximum atomic E-state index is 11.8. The second-order valence-electron chi connectivity index (χ2n) is 5.93. The van der Waals surface area contributed by atoms with Gasteiger partial charge >= 0.3 is 23.9 Å². The lowest BCUT2D eigenvalue weighted by atomic mass is 10.0. The van der Waals surface area contributed by atoms with Gasteiger partial charge < -0.3 is 31.2 Å². The molecular formula is C14H26BN3O7. The van der Waals surface area contributed by atoms with Gasteiger partial charge in [-0.2, -0.15) is 0 Å². The summed E-state index contributed by atoms with van der Waals surface area (Å²) >= 11 is 0. The average Bonchev–Trinajstić information content (AvgIpc) is 2.50. The first-order valence-electron chi connectivity index (χ1n) is 8.06. The molecule has 0 radical (unpaired) electrons. The third-order valence-corrected chi connectivity index (χ3v) is 3.60. The highest BCUT2D eigenvalue weighted by molar-refractivity contribution is 6.04. The molecule has 25 heavy (non-hydrogen) atoms. The Morgan fingerprint density at radius 3 is 1.88 bits per heavy atom. The van der Waals surface area contributed by atoms with E-state index in [1.54, 1.807) is 0 Å². The SMILES string of the molecule is BNCC(C)CCC[C@H](NC(=O)N[C@@H](CCC(=O)O)C(=O)O)C(=O)O. The molecule has 1 unspecified atom stereocenters. The lowest BCUT2D eigenvalue weighted by Crippen LogP contribution is -2.51. The molecule has 0 spiro atoms. The number of carboxylic acids is 3. The topological polar surface area (TPSA) is 165 Å². The zero-order chi connectivity index (χ0) is 19.4. The van der Waals surface area contributed by atoms with Crippen LogP contribution < -0.4 is 15.9 Å². The molecule has 0 rings (SSSR count). The number of hydrogen-bond acceptors (Lipinski definition) is 5. The number of nitrogens with one attached hydrogen (secondary N) is 3. The van der Waals surface area contributed by atoms with E-state index < -0.39 is 42.4 Å². The summed E-state index contributed by atoms with van der Waals surface area (Å²) in [5, 5.41) is 34.0. The monoisotopic (exact) mass is 359 g/mol. The van der Waals surface area contributed by atoms with Gasteiger partial charge in [-0.15, -0.1) is 0 Å². The summed E-state index contributed by atoms with van der Waals surface area (Å²) in [6.45, 7) is 2.82. The minimum absolute atomic E-state index is 0.212. The molecule has 0 bridgehead atoms. The smallest absolute Gasteiger partial charge is 0.326 e. The molecule has 0 heterocycles. The molecule has 0 aromatic heterocycles. The van der Waals surface area contributed by atoms with E-state index in [9.17, 15) is 19.2 Å². The van der Waals surface area contributed by atoms with Crippen molar-refractivity contribution in [2.75, 3.05) is 6.54 Å². The molecular weight excluding hydrogens is 333 g/mol. The first-order chi connectivity index (χ1) is 11.7. The first-order valence-corrected chi connectivity index (χ1v) is 8.06. The van der Waals surface area contributed by atoms with Crippen LogP contribution in [0.15, 0.2) is 0 Å². The molecule has 0 aliphatic heterocycles. The highest BCUT2D eigenvalue weighted by Gasteiger charge is 2.24. The summed E-state index contributed by atoms with van der Waals surface area (Å²) in [6.07, 6.45) is 0.857. The van der Waals surface area contributed by atoms with Crippen molar-refractivity contribution in [3.8, 4) is 0 Å². The van der Waals surface area contributed by atoms with Gasteiger partial charge in [0.15, 0.2) is 7.98 Å². The molecule has 2 amide bonds. The Bertz CT molecular complexity index is 475. The van der Waals surface area contributed by atoms with Crippen LogP contribution in [-0.2, 0) is 14.4 Å². The lowest BCUT2D eigenvalue weighted by Gasteiger charge is -2.19. The van der Waals surface area contributed by atoms with Crippen LogP contribution in [0.3, 0.4) is 0 Å². The summed E-state index contributed by atoms with van der Waals surface area (Å²) in [6, 6.07) is -3.50. The zero-order valence-electron chi connectivity index (χ0n) is 14.4. The first kappa shape index (κ1) is 22.7. The van der Waals surface area contributed by atoms with E-state index in [1.165, 1.54) is 0 Å². The predicted molar refractivity (Wildman–Crippen MR) is 90.9 cm³/mol. The average molecular weight is 359 g/mol. The third kappa shape index (κ3) is 11.0. The van der Waals surface area contributed by atoms with Crippen LogP contribution >= 0.6 is 0 Å². The van der Waals surface area contributed by atoms with Gasteiger partial charge in [-0.1, -0.05) is 13.3 Å². The van der Waals surface area contributed by atoms with Crippen molar-refractivity contribution < 1.29 is 34.5 Å². The summed E-state index contributed by atoms with van der Waals surface area (Å²) in [5.74, 6) is -3.42. The minimum atomic E-state index is -1.40. The molecule has 0 saturated heterocycles. The lowest BCUT2D eigenvalue weighted by molar-refractivity contribution is -0.140. The number of urea groups is 1. The number of amides is 2. The van der Waals surface area contributed by atoms with Crippen molar-refractivity contribution in [3.63, 3.8) is 0 Å². The Balaban J connectivity index is 4.48. The Kier molecular flexibility index (Phi) is 11.0. The van der Waals surface area contributed by atoms with Gasteiger partial charge in [-0.05, 0) is 31.7 Å². The fourth-order valence-corrected chi connectivity index (χ4v) is 2.26. The van der Waals surface area contributed by atoms with Gasteiger partial charge in [0.25, 0.3) is 0 Å². The summed E-state index contributed by atoms with van der Waals surface area (Å²) in [4.78, 5) is 44.5. The van der Waals surface area contributed by atoms with Gasteiger partial charge in [-0.3, -0.25) is 4.79 Å². The highest BCUT2D eigenvalue weighted by Crippen LogP contribution is 2.09. The predicted octanol–water partition coefficient (Wildman–Crippen LogP) is -0.999. The van der Waals surface area contributed by atoms with E-state index in [4.69, 9.17) is 15.3 Å². The van der Waals surface area contributed by atoms with Crippen LogP contribution in [0, 0.1) is 5.92 Å². The molecule has 0 aliphatic carbocycles. The molecule has 0 aromatic rings. The van der Waals surface area contributed by atoms with E-state index in [1.807, 2.05) is 14.9 Å². The summed E-state index contributed by atoms with van der Waals surface area (Å²) in [7, 11) is 1.83. The third-order valence-electron chi connectivity index (χ3n) is 3.60. The van der Waals surface area contributed by atoms with Gasteiger partial charge in [0, 0.05) is 6.42 Å². The Morgan fingerprint density at radius 2 is 1.44 bits per heavy atom. The number of carbonyl (C=O) groups is 4. The highest BCUT2D eigenvalue weighted by atomic mass is 16.4. The van der Waals surface area contributed by atoms with Crippen molar-refractivity contribution in [2.45, 2.75) is 51.1 Å². The summed E-state index contributed by atoms with van der Waals surface area (Å²) in [5.41, 5.74) is 0. The zero-order valence-corrected chi connectivity index (χ0v) is 14.4. The van der Waals surface area contributed by atoms with Crippen LogP contribution in [0.25, 0.3) is 0 Å². The second-order valence-corrected chi connectivity index (χ2v) is 5.93. The molecule has 6 N–H and O–H groups in total. The number of rotatable bonds is 13. The van der Waals surface area contributed by atoms with Crippen molar-refractivity contribution in [3.05, 3.63) is 0 Å². The maximum Gasteiger partial charge on any atom is 0.326 e. The maximum absolute atomic E-state index is 11.8. The van der Waals surface area contributed by atoms with Gasteiger partial charge in [0.1, 0.15) is 12.1 Å². The van der Waals surface area contributed by atoms with Crippen molar-refractivity contribution in [1.82, 2.24) is 15.9 Å². The van der Waals surface area contributed by atoms with Gasteiger partial charge in [0.2, 0.25) is 0 Å². The number of aliphatic carboxylic acids is 3. The van der Waals surface area contributed by atoms with Crippen LogP contribution in [0.4, 0.5) is 4.79 Å². The fourth-order valence-electron chi connectivity index (χ4n) is 2.26. The molecule has 11 heteroatoms. The minimum Gasteiger partial charge on any atom is -0.481 e. The van der Waals surface area contributed by atoms with E-state index in [0.717, 1.165) is 13.0 Å². The van der Waals surface area contributed by atoms with Crippen molar-refractivity contribution in [2.24, 2.45) is 5.92 Å². The van der Waals surface area contributed by atoms with E-state index in [0.29, 0.717) is 12.3 Å². The second kappa shape index (κ2) is 12.1. The Morgan fingerprint density at radius 1 is 0.920 bits per heavy atom. The number of carbonyl (C=O) groups excluding carboxylic acids is 1. The van der Waals surface area contributed by atoms with Gasteiger partial charge in [-0.25, -0.2) is 14.4 Å². The van der Waals surface area contributed by atoms with Gasteiger partial charge in [0.05, 0.1) is 0 Å². The Hall–Kier alpha value is -2.30. The van der Waals surface area contributed by atoms with E-state index in [-0.39, 0.29) is 12.8 Å². The Labute approximate surface area is 146 Å². The quantitative estimate of drug-likeness (QED) is 0.228. The van der Waals surface area contributed by atoms with E-state index in [2.05, 4.69) is 15.9 Å². The number of carboxylic acid groups (broad SMARTS) is 3. The molecule has 0 fully saturated rings. The fraction of sp³-hybridized carbons (Fsp3) is 0.714. The standard InChI is InChI=1S/C14H26BN3O7/c1-8(7-16-15)3-2-4-9(12(21)22)17-14(25)18-10(13(23)24)5-6-11(19)20/h8-10,16H,2-7,15H2,1H3,(H,19,20)(H,21,22)(H,23,24)(H2,17,18,25)/t8?,9-,10-/m0/s1. The molecule has 0 saturated carbocycles. The normalized spacial score (nSPS) is 14.1. The van der Waals surface area contributed by atoms with Crippen LogP contribution in [0.1, 0.15) is 39.0 Å². The largest absolute Gasteiger partial charge is 0.481 e. The molecule has 10 nitrogen and oxygen atoms in total. The van der Waals surface area contributed by atoms with Crippen LogP contribution in [0.2, 0.25) is 0 Å². The molecule has 142 valence electrons.